The highest BCUT2D eigenvalue weighted by Gasteiger charge is 2.36. The van der Waals surface area contributed by atoms with Crippen molar-refractivity contribution in [2.45, 2.75) is 59.8 Å². The Kier molecular flexibility index (Phi) is 3.15. The van der Waals surface area contributed by atoms with Crippen molar-refractivity contribution in [3.05, 3.63) is 22.5 Å². The van der Waals surface area contributed by atoms with Gasteiger partial charge < -0.3 is 4.98 Å². The largest absolute Gasteiger partial charge is 0.356 e. The Labute approximate surface area is 104 Å². The number of aryl methyl sites for hydroxylation is 1. The molecule has 0 spiro atoms. The lowest BCUT2D eigenvalue weighted by atomic mass is 9.71. The first-order valence-electron chi connectivity index (χ1n) is 6.66. The van der Waals surface area contributed by atoms with E-state index in [1.807, 2.05) is 6.92 Å². The number of hydrogen-bond acceptors (Lipinski definition) is 1. The first kappa shape index (κ1) is 12.4. The molecule has 1 heterocycles. The SMILES string of the molecule is Cc1[nH]c(C(=O)C2(C)CCCCC2)c(C)c1C. The van der Waals surface area contributed by atoms with Crippen LogP contribution in [0.1, 0.15) is 66.3 Å². The molecule has 1 aromatic heterocycles. The smallest absolute Gasteiger partial charge is 0.185 e. The van der Waals surface area contributed by atoms with Crippen LogP contribution in [0.3, 0.4) is 0 Å². The first-order valence-corrected chi connectivity index (χ1v) is 6.66. The van der Waals surface area contributed by atoms with Gasteiger partial charge in [-0.15, -0.1) is 0 Å². The van der Waals surface area contributed by atoms with Crippen LogP contribution in [0.4, 0.5) is 0 Å². The Balaban J connectivity index is 2.33. The Morgan fingerprint density at radius 2 is 1.65 bits per heavy atom. The van der Waals surface area contributed by atoms with Crippen molar-refractivity contribution in [2.75, 3.05) is 0 Å². The van der Waals surface area contributed by atoms with E-state index in [-0.39, 0.29) is 5.41 Å². The van der Waals surface area contributed by atoms with Crippen LogP contribution in [0.25, 0.3) is 0 Å². The van der Waals surface area contributed by atoms with Gasteiger partial charge in [0.2, 0.25) is 0 Å². The molecule has 0 unspecified atom stereocenters. The summed E-state index contributed by atoms with van der Waals surface area (Å²) in [5.41, 5.74) is 4.22. The van der Waals surface area contributed by atoms with Gasteiger partial charge in [0.25, 0.3) is 0 Å². The highest BCUT2D eigenvalue weighted by molar-refractivity contribution is 6.00. The molecule has 0 aliphatic heterocycles. The van der Waals surface area contributed by atoms with Gasteiger partial charge in [-0.05, 0) is 44.7 Å². The van der Waals surface area contributed by atoms with Gasteiger partial charge in [0, 0.05) is 11.1 Å². The van der Waals surface area contributed by atoms with E-state index in [4.69, 9.17) is 0 Å². The molecule has 0 atom stereocenters. The van der Waals surface area contributed by atoms with Crippen molar-refractivity contribution in [1.29, 1.82) is 0 Å². The maximum Gasteiger partial charge on any atom is 0.185 e. The minimum Gasteiger partial charge on any atom is -0.356 e. The van der Waals surface area contributed by atoms with E-state index in [0.29, 0.717) is 5.78 Å². The van der Waals surface area contributed by atoms with Crippen LogP contribution in [0, 0.1) is 26.2 Å². The Bertz CT molecular complexity index is 436. The number of ketones is 1. The fourth-order valence-corrected chi connectivity index (χ4v) is 2.93. The van der Waals surface area contributed by atoms with Gasteiger partial charge in [-0.3, -0.25) is 4.79 Å². The van der Waals surface area contributed by atoms with E-state index in [0.717, 1.165) is 29.8 Å². The van der Waals surface area contributed by atoms with Gasteiger partial charge in [0.1, 0.15) is 0 Å². The predicted molar refractivity (Wildman–Crippen MR) is 70.5 cm³/mol. The second-order valence-electron chi connectivity index (χ2n) is 5.83. The van der Waals surface area contributed by atoms with E-state index < -0.39 is 0 Å². The van der Waals surface area contributed by atoms with Gasteiger partial charge in [0.15, 0.2) is 5.78 Å². The van der Waals surface area contributed by atoms with Crippen molar-refractivity contribution in [2.24, 2.45) is 5.41 Å². The minimum atomic E-state index is -0.132. The zero-order valence-electron chi connectivity index (χ0n) is 11.4. The molecule has 0 radical (unpaired) electrons. The molecule has 94 valence electrons. The summed E-state index contributed by atoms with van der Waals surface area (Å²) in [5, 5.41) is 0. The fourth-order valence-electron chi connectivity index (χ4n) is 2.93. The van der Waals surface area contributed by atoms with Crippen LogP contribution in [0.15, 0.2) is 0 Å². The molecule has 1 aromatic rings. The highest BCUT2D eigenvalue weighted by Crippen LogP contribution is 2.39. The van der Waals surface area contributed by atoms with Crippen molar-refractivity contribution < 1.29 is 4.79 Å². The number of nitrogens with one attached hydrogen (secondary N) is 1. The average molecular weight is 233 g/mol. The van der Waals surface area contributed by atoms with Gasteiger partial charge >= 0.3 is 0 Å². The third-order valence-electron chi connectivity index (χ3n) is 4.54. The van der Waals surface area contributed by atoms with Crippen LogP contribution < -0.4 is 0 Å². The van der Waals surface area contributed by atoms with Crippen LogP contribution in [-0.2, 0) is 0 Å². The summed E-state index contributed by atoms with van der Waals surface area (Å²) in [4.78, 5) is 16.0. The monoisotopic (exact) mass is 233 g/mol. The normalized spacial score (nSPS) is 19.3. The molecule has 1 N–H and O–H groups in total. The lowest BCUT2D eigenvalue weighted by Gasteiger charge is -2.31. The highest BCUT2D eigenvalue weighted by atomic mass is 16.1. The number of aromatic nitrogens is 1. The maximum atomic E-state index is 12.7. The number of H-pyrrole nitrogens is 1. The molecule has 17 heavy (non-hydrogen) atoms. The molecule has 0 aromatic carbocycles. The molecule has 1 saturated carbocycles. The number of Topliss-reactive ketones (excluding diaryl/α,β-unsaturated/α-hetero) is 1. The molecular weight excluding hydrogens is 210 g/mol. The second kappa shape index (κ2) is 4.32. The summed E-state index contributed by atoms with van der Waals surface area (Å²) in [6.45, 7) is 8.32. The first-order chi connectivity index (χ1) is 7.96. The zero-order valence-corrected chi connectivity index (χ0v) is 11.4. The Morgan fingerprint density at radius 1 is 1.06 bits per heavy atom. The zero-order chi connectivity index (χ0) is 12.6. The Hall–Kier alpha value is -1.05. The maximum absolute atomic E-state index is 12.7. The molecule has 2 heteroatoms. The number of hydrogen-bond donors (Lipinski definition) is 1. The Morgan fingerprint density at radius 3 is 2.12 bits per heavy atom. The van der Waals surface area contributed by atoms with Gasteiger partial charge in [-0.2, -0.15) is 0 Å². The molecule has 2 nitrogen and oxygen atoms in total. The fraction of sp³-hybridized carbons (Fsp3) is 0.667. The molecule has 2 rings (SSSR count). The summed E-state index contributed by atoms with van der Waals surface area (Å²) < 4.78 is 0. The van der Waals surface area contributed by atoms with Gasteiger partial charge in [-0.25, -0.2) is 0 Å². The van der Waals surface area contributed by atoms with Crippen LogP contribution in [0.2, 0.25) is 0 Å². The quantitative estimate of drug-likeness (QED) is 0.767. The molecule has 1 aliphatic carbocycles. The average Bonchev–Trinajstić information content (AvgIpc) is 2.57. The third-order valence-corrected chi connectivity index (χ3v) is 4.54. The van der Waals surface area contributed by atoms with E-state index >= 15 is 0 Å². The van der Waals surface area contributed by atoms with Crippen LogP contribution in [-0.4, -0.2) is 10.8 Å². The van der Waals surface area contributed by atoms with Crippen molar-refractivity contribution >= 4 is 5.78 Å². The summed E-state index contributed by atoms with van der Waals surface area (Å²) in [5.74, 6) is 0.325. The van der Waals surface area contributed by atoms with E-state index in [1.54, 1.807) is 0 Å². The molecule has 1 fully saturated rings. The summed E-state index contributed by atoms with van der Waals surface area (Å²) in [7, 11) is 0. The minimum absolute atomic E-state index is 0.132. The lowest BCUT2D eigenvalue weighted by molar-refractivity contribution is 0.0743. The van der Waals surface area contributed by atoms with Crippen molar-refractivity contribution in [3.8, 4) is 0 Å². The van der Waals surface area contributed by atoms with E-state index in [1.165, 1.54) is 24.8 Å². The number of rotatable bonds is 2. The summed E-state index contributed by atoms with van der Waals surface area (Å²) >= 11 is 0. The number of carbonyl (C=O) groups excluding carboxylic acids is 1. The lowest BCUT2D eigenvalue weighted by Crippen LogP contribution is -2.31. The molecule has 0 saturated heterocycles. The third kappa shape index (κ3) is 2.05. The summed E-state index contributed by atoms with van der Waals surface area (Å²) in [6.07, 6.45) is 5.76. The second-order valence-corrected chi connectivity index (χ2v) is 5.83. The van der Waals surface area contributed by atoms with Crippen LogP contribution >= 0.6 is 0 Å². The standard InChI is InChI=1S/C15H23NO/c1-10-11(2)13(16-12(10)3)14(17)15(4)8-6-5-7-9-15/h16H,5-9H2,1-4H3. The van der Waals surface area contributed by atoms with Crippen molar-refractivity contribution in [1.82, 2.24) is 4.98 Å². The topological polar surface area (TPSA) is 32.9 Å². The van der Waals surface area contributed by atoms with Gasteiger partial charge in [-0.1, -0.05) is 26.2 Å². The van der Waals surface area contributed by atoms with Crippen LogP contribution in [0.5, 0.6) is 0 Å². The van der Waals surface area contributed by atoms with E-state index in [2.05, 4.69) is 25.8 Å². The molecular formula is C15H23NO. The van der Waals surface area contributed by atoms with Gasteiger partial charge in [0.05, 0.1) is 5.69 Å². The number of carbonyl (C=O) groups is 1. The molecule has 0 bridgehead atoms. The summed E-state index contributed by atoms with van der Waals surface area (Å²) in [6, 6.07) is 0. The molecule has 1 aliphatic rings. The van der Waals surface area contributed by atoms with E-state index in [9.17, 15) is 4.79 Å². The van der Waals surface area contributed by atoms with Crippen molar-refractivity contribution in [3.63, 3.8) is 0 Å². The number of aromatic amines is 1. The predicted octanol–water partition coefficient (Wildman–Crippen LogP) is 4.09. The molecule has 0 amide bonds.